The van der Waals surface area contributed by atoms with Gasteiger partial charge in [0.05, 0.1) is 6.61 Å². The number of benzene rings is 2. The van der Waals surface area contributed by atoms with E-state index in [1.165, 1.54) is 11.1 Å². The summed E-state index contributed by atoms with van der Waals surface area (Å²) in [7, 11) is 0. The van der Waals surface area contributed by atoms with Gasteiger partial charge in [0.25, 0.3) is 0 Å². The average Bonchev–Trinajstić information content (AvgIpc) is 2.69. The molecular formula is C22H26O5. The van der Waals surface area contributed by atoms with Crippen molar-refractivity contribution in [2.45, 2.75) is 32.6 Å². The lowest BCUT2D eigenvalue weighted by molar-refractivity contribution is -0.139. The Morgan fingerprint density at radius 3 is 2.07 bits per heavy atom. The highest BCUT2D eigenvalue weighted by atomic mass is 16.6. The molecule has 1 N–H and O–H groups in total. The summed E-state index contributed by atoms with van der Waals surface area (Å²) in [6.07, 6.45) is 4.07. The molecule has 2 aromatic rings. The highest BCUT2D eigenvalue weighted by Crippen LogP contribution is 2.44. The lowest BCUT2D eigenvalue weighted by Crippen LogP contribution is -2.15. The number of fused-ring (bicyclic) bond motifs is 2. The van der Waals surface area contributed by atoms with Gasteiger partial charge in [-0.2, -0.15) is 0 Å². The monoisotopic (exact) mass is 370 g/mol. The fraction of sp³-hybridized carbons (Fsp3) is 0.409. The van der Waals surface area contributed by atoms with Gasteiger partial charge in [-0.25, -0.2) is 4.79 Å². The van der Waals surface area contributed by atoms with Crippen LogP contribution in [0.2, 0.25) is 0 Å². The third-order valence-corrected chi connectivity index (χ3v) is 4.68. The lowest BCUT2D eigenvalue weighted by Gasteiger charge is -2.25. The van der Waals surface area contributed by atoms with Crippen LogP contribution in [0.1, 0.15) is 30.9 Å². The first-order valence-electron chi connectivity index (χ1n) is 9.39. The Balaban J connectivity index is 1.92. The van der Waals surface area contributed by atoms with E-state index in [9.17, 15) is 9.90 Å². The van der Waals surface area contributed by atoms with Crippen molar-refractivity contribution >= 4 is 16.7 Å². The Labute approximate surface area is 159 Å². The molecule has 0 amide bonds. The normalized spacial score (nSPS) is 13.1. The number of aliphatic hydroxyl groups excluding tert-OH is 1. The fourth-order valence-electron chi connectivity index (χ4n) is 3.49. The molecule has 0 fully saturated rings. The van der Waals surface area contributed by atoms with Crippen molar-refractivity contribution in [3.05, 3.63) is 47.5 Å². The van der Waals surface area contributed by atoms with Crippen LogP contribution in [-0.2, 0) is 22.4 Å². The predicted octanol–water partition coefficient (Wildman–Crippen LogP) is 3.59. The lowest BCUT2D eigenvalue weighted by atomic mass is 9.87. The SMILES string of the molecule is C=C(C)C(=O)OCCOc1c2c(c(OCCO)c3ccccc13)CCCC2. The molecule has 27 heavy (non-hydrogen) atoms. The average molecular weight is 370 g/mol. The highest BCUT2D eigenvalue weighted by molar-refractivity contribution is 5.96. The van der Waals surface area contributed by atoms with Gasteiger partial charge < -0.3 is 19.3 Å². The Bertz CT molecular complexity index is 840. The van der Waals surface area contributed by atoms with Gasteiger partial charge >= 0.3 is 5.97 Å². The number of ether oxygens (including phenoxy) is 3. The van der Waals surface area contributed by atoms with Crippen molar-refractivity contribution in [1.29, 1.82) is 0 Å². The van der Waals surface area contributed by atoms with Gasteiger partial charge in [0.2, 0.25) is 0 Å². The summed E-state index contributed by atoms with van der Waals surface area (Å²) >= 11 is 0. The second-order valence-electron chi connectivity index (χ2n) is 6.70. The summed E-state index contributed by atoms with van der Waals surface area (Å²) in [5, 5.41) is 11.2. The maximum Gasteiger partial charge on any atom is 0.333 e. The van der Waals surface area contributed by atoms with Crippen molar-refractivity contribution < 1.29 is 24.1 Å². The first-order valence-corrected chi connectivity index (χ1v) is 9.39. The second kappa shape index (κ2) is 8.91. The van der Waals surface area contributed by atoms with E-state index in [4.69, 9.17) is 14.2 Å². The topological polar surface area (TPSA) is 65.0 Å². The van der Waals surface area contributed by atoms with Crippen LogP contribution in [0.4, 0.5) is 0 Å². The second-order valence-corrected chi connectivity index (χ2v) is 6.70. The molecule has 5 heteroatoms. The van der Waals surface area contributed by atoms with Crippen molar-refractivity contribution in [2.24, 2.45) is 0 Å². The maximum absolute atomic E-state index is 11.5. The van der Waals surface area contributed by atoms with E-state index < -0.39 is 5.97 Å². The zero-order valence-electron chi connectivity index (χ0n) is 15.8. The summed E-state index contributed by atoms with van der Waals surface area (Å²) < 4.78 is 17.2. The predicted molar refractivity (Wildman–Crippen MR) is 104 cm³/mol. The number of rotatable bonds is 8. The van der Waals surface area contributed by atoms with Gasteiger partial charge in [-0.1, -0.05) is 30.8 Å². The molecule has 144 valence electrons. The fourth-order valence-corrected chi connectivity index (χ4v) is 3.49. The first-order chi connectivity index (χ1) is 13.1. The Hall–Kier alpha value is -2.53. The van der Waals surface area contributed by atoms with Crippen LogP contribution in [0.3, 0.4) is 0 Å². The minimum absolute atomic E-state index is 0.0184. The van der Waals surface area contributed by atoms with Gasteiger partial charge in [0.15, 0.2) is 0 Å². The maximum atomic E-state index is 11.5. The molecule has 1 aliphatic carbocycles. The number of hydrogen-bond donors (Lipinski definition) is 1. The standard InChI is InChI=1S/C22H26O5/c1-15(2)22(24)27-14-13-26-21-18-9-5-3-7-16(18)20(25-12-11-23)17-8-4-6-10-19(17)21/h3,5,7,9,23H,1,4,6,8,10-14H2,2H3. The van der Waals surface area contributed by atoms with Crippen molar-refractivity contribution in [1.82, 2.24) is 0 Å². The molecule has 0 saturated heterocycles. The van der Waals surface area contributed by atoms with Crippen LogP contribution >= 0.6 is 0 Å². The molecule has 0 aromatic heterocycles. The molecule has 0 aliphatic heterocycles. The van der Waals surface area contributed by atoms with Crippen molar-refractivity contribution in [3.8, 4) is 11.5 Å². The van der Waals surface area contributed by atoms with Crippen LogP contribution in [0.15, 0.2) is 36.4 Å². The van der Waals surface area contributed by atoms with Gasteiger partial charge in [-0.15, -0.1) is 0 Å². The number of hydrogen-bond acceptors (Lipinski definition) is 5. The van der Waals surface area contributed by atoms with E-state index in [0.717, 1.165) is 48.0 Å². The van der Waals surface area contributed by atoms with E-state index in [1.807, 2.05) is 24.3 Å². The van der Waals surface area contributed by atoms with E-state index >= 15 is 0 Å². The van der Waals surface area contributed by atoms with E-state index in [-0.39, 0.29) is 26.4 Å². The summed E-state index contributed by atoms with van der Waals surface area (Å²) in [6, 6.07) is 7.99. The number of esters is 1. The van der Waals surface area contributed by atoms with Crippen LogP contribution in [0.5, 0.6) is 11.5 Å². The molecule has 0 heterocycles. The van der Waals surface area contributed by atoms with Gasteiger partial charge in [0, 0.05) is 27.5 Å². The number of aliphatic hydroxyl groups is 1. The van der Waals surface area contributed by atoms with Crippen LogP contribution in [0, 0.1) is 0 Å². The summed E-state index contributed by atoms with van der Waals surface area (Å²) in [6.45, 7) is 5.92. The summed E-state index contributed by atoms with van der Waals surface area (Å²) in [5.74, 6) is 1.30. The smallest absolute Gasteiger partial charge is 0.333 e. The van der Waals surface area contributed by atoms with Crippen LogP contribution < -0.4 is 9.47 Å². The molecule has 5 nitrogen and oxygen atoms in total. The quantitative estimate of drug-likeness (QED) is 0.437. The minimum atomic E-state index is -0.404. The van der Waals surface area contributed by atoms with E-state index in [2.05, 4.69) is 6.58 Å². The zero-order chi connectivity index (χ0) is 19.2. The molecule has 0 saturated carbocycles. The van der Waals surface area contributed by atoms with Crippen molar-refractivity contribution in [3.63, 3.8) is 0 Å². The minimum Gasteiger partial charge on any atom is -0.490 e. The third-order valence-electron chi connectivity index (χ3n) is 4.68. The highest BCUT2D eigenvalue weighted by Gasteiger charge is 2.23. The van der Waals surface area contributed by atoms with Crippen LogP contribution in [-0.4, -0.2) is 37.5 Å². The zero-order valence-corrected chi connectivity index (χ0v) is 15.8. The van der Waals surface area contributed by atoms with E-state index in [0.29, 0.717) is 5.57 Å². The Kier molecular flexibility index (Phi) is 6.35. The molecule has 0 spiro atoms. The molecule has 0 radical (unpaired) electrons. The van der Waals surface area contributed by atoms with Crippen LogP contribution in [0.25, 0.3) is 10.8 Å². The van der Waals surface area contributed by atoms with E-state index in [1.54, 1.807) is 6.92 Å². The number of carbonyl (C=O) groups excluding carboxylic acids is 1. The molecule has 2 aromatic carbocycles. The Morgan fingerprint density at radius 2 is 1.56 bits per heavy atom. The summed E-state index contributed by atoms with van der Waals surface area (Å²) in [5.41, 5.74) is 2.71. The molecule has 1 aliphatic rings. The molecule has 0 bridgehead atoms. The van der Waals surface area contributed by atoms with Gasteiger partial charge in [-0.3, -0.25) is 0 Å². The van der Waals surface area contributed by atoms with Gasteiger partial charge in [-0.05, 0) is 32.6 Å². The van der Waals surface area contributed by atoms with Gasteiger partial charge in [0.1, 0.15) is 31.3 Å². The molecule has 3 rings (SSSR count). The largest absolute Gasteiger partial charge is 0.490 e. The summed E-state index contributed by atoms with van der Waals surface area (Å²) in [4.78, 5) is 11.5. The molecule has 0 atom stereocenters. The molecular weight excluding hydrogens is 344 g/mol. The Morgan fingerprint density at radius 1 is 1.00 bits per heavy atom. The van der Waals surface area contributed by atoms with Crippen molar-refractivity contribution in [2.75, 3.05) is 26.4 Å². The first kappa shape index (κ1) is 19.2. The number of carbonyl (C=O) groups is 1. The molecule has 0 unspecified atom stereocenters. The third kappa shape index (κ3) is 4.25.